The number of aromatic nitrogens is 3. The first-order chi connectivity index (χ1) is 16.7. The first kappa shape index (κ1) is 23.4. The maximum absolute atomic E-state index is 13.6. The molecule has 5 rings (SSSR count). The Morgan fingerprint density at radius 2 is 1.71 bits per heavy atom. The van der Waals surface area contributed by atoms with Crippen LogP contribution in [0.5, 0.6) is 0 Å². The Kier molecular flexibility index (Phi) is 5.84. The zero-order valence-corrected chi connectivity index (χ0v) is 20.5. The van der Waals surface area contributed by atoms with Gasteiger partial charge in [-0.3, -0.25) is 9.59 Å². The highest BCUT2D eigenvalue weighted by molar-refractivity contribution is 7.89. The molecular weight excluding hydrogens is 468 g/mol. The van der Waals surface area contributed by atoms with Crippen LogP contribution in [0.25, 0.3) is 11.0 Å². The van der Waals surface area contributed by atoms with Gasteiger partial charge in [0.05, 0.1) is 22.0 Å². The lowest BCUT2D eigenvalue weighted by Crippen LogP contribution is -2.50. The summed E-state index contributed by atoms with van der Waals surface area (Å²) in [7, 11) is -3.75. The molecule has 11 heteroatoms. The smallest absolute Gasteiger partial charge is 0.254 e. The van der Waals surface area contributed by atoms with Crippen molar-refractivity contribution in [2.75, 3.05) is 26.2 Å². The molecule has 1 aliphatic carbocycles. The standard InChI is InChI=1S/C24H28N6O4S/c1-15(2)30-23-20(14-26-30)19(13-21(27-23)16-3-4-16)24(32)28-9-11-29(12-10-28)35(33,34)18-7-5-17(6-8-18)22(25)31/h5-8,13-16H,3-4,9-12H2,1-2H3,(H2,25,31). The van der Waals surface area contributed by atoms with E-state index in [1.165, 1.54) is 28.6 Å². The van der Waals surface area contributed by atoms with Crippen molar-refractivity contribution in [1.82, 2.24) is 24.0 Å². The highest BCUT2D eigenvalue weighted by Gasteiger charge is 2.33. The summed E-state index contributed by atoms with van der Waals surface area (Å²) in [5, 5.41) is 5.19. The molecule has 2 fully saturated rings. The second-order valence-electron chi connectivity index (χ2n) is 9.37. The molecule has 1 aliphatic heterocycles. The van der Waals surface area contributed by atoms with Crippen molar-refractivity contribution in [3.8, 4) is 0 Å². The van der Waals surface area contributed by atoms with Gasteiger partial charge < -0.3 is 10.6 Å². The van der Waals surface area contributed by atoms with Gasteiger partial charge in [-0.1, -0.05) is 0 Å². The third-order valence-corrected chi connectivity index (χ3v) is 8.52. The summed E-state index contributed by atoms with van der Waals surface area (Å²) in [4.78, 5) is 31.4. The second-order valence-corrected chi connectivity index (χ2v) is 11.3. The average molecular weight is 497 g/mol. The zero-order chi connectivity index (χ0) is 24.9. The van der Waals surface area contributed by atoms with Crippen LogP contribution in [-0.4, -0.2) is 70.4 Å². The summed E-state index contributed by atoms with van der Waals surface area (Å²) in [5.41, 5.74) is 7.69. The van der Waals surface area contributed by atoms with Gasteiger partial charge in [0.1, 0.15) is 0 Å². The van der Waals surface area contributed by atoms with Crippen molar-refractivity contribution < 1.29 is 18.0 Å². The molecule has 3 aromatic rings. The number of nitrogens with two attached hydrogens (primary N) is 1. The van der Waals surface area contributed by atoms with Gasteiger partial charge >= 0.3 is 0 Å². The number of benzene rings is 1. The quantitative estimate of drug-likeness (QED) is 0.556. The third-order valence-electron chi connectivity index (χ3n) is 6.60. The minimum absolute atomic E-state index is 0.0910. The topological polar surface area (TPSA) is 131 Å². The van der Waals surface area contributed by atoms with E-state index in [2.05, 4.69) is 5.10 Å². The number of primary amides is 1. The van der Waals surface area contributed by atoms with Gasteiger partial charge in [0, 0.05) is 49.4 Å². The number of fused-ring (bicyclic) bond motifs is 1. The molecule has 2 aliphatic rings. The first-order valence-corrected chi connectivity index (χ1v) is 13.2. The Balaban J connectivity index is 1.36. The van der Waals surface area contributed by atoms with E-state index >= 15 is 0 Å². The summed E-state index contributed by atoms with van der Waals surface area (Å²) in [6.45, 7) is 4.97. The highest BCUT2D eigenvalue weighted by atomic mass is 32.2. The average Bonchev–Trinajstić information content (AvgIpc) is 3.61. The van der Waals surface area contributed by atoms with Crippen molar-refractivity contribution in [3.05, 3.63) is 53.3 Å². The maximum atomic E-state index is 13.6. The zero-order valence-electron chi connectivity index (χ0n) is 19.7. The van der Waals surface area contributed by atoms with Crippen LogP contribution in [0.2, 0.25) is 0 Å². The monoisotopic (exact) mass is 496 g/mol. The van der Waals surface area contributed by atoms with Crippen LogP contribution in [0.15, 0.2) is 41.4 Å². The molecule has 0 bridgehead atoms. The Bertz CT molecular complexity index is 1400. The Hall–Kier alpha value is -3.31. The summed E-state index contributed by atoms with van der Waals surface area (Å²) in [5.74, 6) is -0.370. The van der Waals surface area contributed by atoms with E-state index in [1.54, 1.807) is 11.1 Å². The molecule has 1 saturated carbocycles. The van der Waals surface area contributed by atoms with E-state index in [4.69, 9.17) is 10.7 Å². The number of rotatable bonds is 6. The van der Waals surface area contributed by atoms with Crippen LogP contribution in [0.1, 0.15) is 65.1 Å². The molecule has 2 aromatic heterocycles. The number of piperazine rings is 1. The molecular formula is C24H28N6O4S. The van der Waals surface area contributed by atoms with Crippen molar-refractivity contribution in [2.24, 2.45) is 5.73 Å². The van der Waals surface area contributed by atoms with Gasteiger partial charge in [-0.15, -0.1) is 0 Å². The fourth-order valence-corrected chi connectivity index (χ4v) is 5.84. The fourth-order valence-electron chi connectivity index (χ4n) is 4.42. The molecule has 0 atom stereocenters. The molecule has 2 N–H and O–H groups in total. The first-order valence-electron chi connectivity index (χ1n) is 11.7. The van der Waals surface area contributed by atoms with E-state index in [-0.39, 0.29) is 48.6 Å². The summed E-state index contributed by atoms with van der Waals surface area (Å²) < 4.78 is 29.3. The van der Waals surface area contributed by atoms with Crippen molar-refractivity contribution in [2.45, 2.75) is 43.5 Å². The largest absolute Gasteiger partial charge is 0.366 e. The number of pyridine rings is 1. The van der Waals surface area contributed by atoms with Crippen molar-refractivity contribution >= 4 is 32.9 Å². The van der Waals surface area contributed by atoms with Crippen LogP contribution in [-0.2, 0) is 10.0 Å². The Labute approximate surface area is 203 Å². The highest BCUT2D eigenvalue weighted by Crippen LogP contribution is 2.40. The minimum atomic E-state index is -3.75. The second kappa shape index (κ2) is 8.72. The third kappa shape index (κ3) is 4.30. The van der Waals surface area contributed by atoms with Gasteiger partial charge in [0.15, 0.2) is 5.65 Å². The molecule has 184 valence electrons. The molecule has 35 heavy (non-hydrogen) atoms. The predicted molar refractivity (Wildman–Crippen MR) is 130 cm³/mol. The lowest BCUT2D eigenvalue weighted by molar-refractivity contribution is 0.0699. The number of hydrogen-bond acceptors (Lipinski definition) is 6. The van der Waals surface area contributed by atoms with Crippen LogP contribution in [0.4, 0.5) is 0 Å². The molecule has 0 spiro atoms. The summed E-state index contributed by atoms with van der Waals surface area (Å²) >= 11 is 0. The number of amides is 2. The number of carbonyl (C=O) groups is 2. The van der Waals surface area contributed by atoms with Gasteiger partial charge in [-0.25, -0.2) is 18.1 Å². The number of hydrogen-bond donors (Lipinski definition) is 1. The van der Waals surface area contributed by atoms with Crippen molar-refractivity contribution in [3.63, 3.8) is 0 Å². The molecule has 1 saturated heterocycles. The van der Waals surface area contributed by atoms with Crippen molar-refractivity contribution in [1.29, 1.82) is 0 Å². The van der Waals surface area contributed by atoms with Crippen LogP contribution < -0.4 is 5.73 Å². The summed E-state index contributed by atoms with van der Waals surface area (Å²) in [6.07, 6.45) is 3.83. The molecule has 10 nitrogen and oxygen atoms in total. The lowest BCUT2D eigenvalue weighted by Gasteiger charge is -2.34. The molecule has 3 heterocycles. The van der Waals surface area contributed by atoms with E-state index < -0.39 is 15.9 Å². The van der Waals surface area contributed by atoms with Crippen LogP contribution in [0.3, 0.4) is 0 Å². The van der Waals surface area contributed by atoms with E-state index in [0.717, 1.165) is 23.9 Å². The normalized spacial score (nSPS) is 17.3. The van der Waals surface area contributed by atoms with Gasteiger partial charge in [0.25, 0.3) is 5.91 Å². The SMILES string of the molecule is CC(C)n1ncc2c(C(=O)N3CCN(S(=O)(=O)c4ccc(C(N)=O)cc4)CC3)cc(C3CC3)nc21. The molecule has 0 radical (unpaired) electrons. The van der Waals surface area contributed by atoms with Crippen LogP contribution in [0, 0.1) is 0 Å². The lowest BCUT2D eigenvalue weighted by atomic mass is 10.1. The summed E-state index contributed by atoms with van der Waals surface area (Å²) in [6, 6.07) is 7.57. The molecule has 2 amide bonds. The number of nitrogens with zero attached hydrogens (tertiary/aromatic N) is 5. The molecule has 1 aromatic carbocycles. The predicted octanol–water partition coefficient (Wildman–Crippen LogP) is 2.14. The fraction of sp³-hybridized carbons (Fsp3) is 0.417. The molecule has 0 unspecified atom stereocenters. The number of carbonyl (C=O) groups excluding carboxylic acids is 2. The van der Waals surface area contributed by atoms with E-state index in [0.29, 0.717) is 17.1 Å². The van der Waals surface area contributed by atoms with Gasteiger partial charge in [0.2, 0.25) is 15.9 Å². The van der Waals surface area contributed by atoms with Gasteiger partial charge in [-0.05, 0) is 57.0 Å². The van der Waals surface area contributed by atoms with Gasteiger partial charge in [-0.2, -0.15) is 9.40 Å². The number of sulfonamides is 1. The Morgan fingerprint density at radius 1 is 1.06 bits per heavy atom. The maximum Gasteiger partial charge on any atom is 0.254 e. The minimum Gasteiger partial charge on any atom is -0.366 e. The van der Waals surface area contributed by atoms with E-state index in [1.807, 2.05) is 24.6 Å². The Morgan fingerprint density at radius 3 is 2.29 bits per heavy atom. The van der Waals surface area contributed by atoms with E-state index in [9.17, 15) is 18.0 Å². The van der Waals surface area contributed by atoms with Crippen LogP contribution >= 0.6 is 0 Å².